The normalized spacial score (nSPS) is 64.0. The lowest BCUT2D eigenvalue weighted by Gasteiger charge is -2.69. The molecule has 10 atom stereocenters. The van der Waals surface area contributed by atoms with E-state index < -0.39 is 11.4 Å². The first-order chi connectivity index (χ1) is 13.7. The van der Waals surface area contributed by atoms with Crippen molar-refractivity contribution in [1.29, 1.82) is 0 Å². The van der Waals surface area contributed by atoms with Crippen molar-refractivity contribution in [2.75, 3.05) is 19.7 Å². The van der Waals surface area contributed by atoms with E-state index in [2.05, 4.69) is 18.7 Å². The average Bonchev–Trinajstić information content (AvgIpc) is 3.24. The summed E-state index contributed by atoms with van der Waals surface area (Å²) >= 11 is 0. The molecular formula is C25H39NO3. The largest absolute Gasteiger partial charge is 0.389 e. The van der Waals surface area contributed by atoms with Crippen LogP contribution in [0.15, 0.2) is 0 Å². The second-order valence-corrected chi connectivity index (χ2v) is 12.8. The van der Waals surface area contributed by atoms with Gasteiger partial charge in [-0.15, -0.1) is 0 Å². The van der Waals surface area contributed by atoms with E-state index in [1.165, 1.54) is 58.0 Å². The highest BCUT2D eigenvalue weighted by Crippen LogP contribution is 2.84. The van der Waals surface area contributed by atoms with Gasteiger partial charge in [-0.1, -0.05) is 20.3 Å². The molecule has 8 rings (SSSR count). The second kappa shape index (κ2) is 5.08. The highest BCUT2D eigenvalue weighted by Gasteiger charge is 2.85. The molecule has 3 spiro atoms. The van der Waals surface area contributed by atoms with Gasteiger partial charge in [0.05, 0.1) is 12.7 Å². The highest BCUT2D eigenvalue weighted by atomic mass is 16.8. The van der Waals surface area contributed by atoms with Gasteiger partial charge >= 0.3 is 0 Å². The van der Waals surface area contributed by atoms with E-state index in [0.717, 1.165) is 5.92 Å². The minimum atomic E-state index is -0.560. The summed E-state index contributed by atoms with van der Waals surface area (Å²) in [4.78, 5) is 2.88. The van der Waals surface area contributed by atoms with Crippen molar-refractivity contribution in [2.45, 2.75) is 96.2 Å². The van der Waals surface area contributed by atoms with Crippen molar-refractivity contribution in [3.63, 3.8) is 0 Å². The molecule has 1 unspecified atom stereocenters. The van der Waals surface area contributed by atoms with E-state index in [9.17, 15) is 5.11 Å². The van der Waals surface area contributed by atoms with Gasteiger partial charge in [-0.2, -0.15) is 0 Å². The molecular weight excluding hydrogens is 362 g/mol. The van der Waals surface area contributed by atoms with E-state index in [4.69, 9.17) is 9.47 Å². The van der Waals surface area contributed by atoms with E-state index >= 15 is 0 Å². The molecule has 0 aromatic rings. The quantitative estimate of drug-likeness (QED) is 0.725. The molecule has 8 aliphatic rings. The topological polar surface area (TPSA) is 41.9 Å². The first-order valence-corrected chi connectivity index (χ1v) is 12.5. The Morgan fingerprint density at radius 1 is 1.03 bits per heavy atom. The number of hydrogen-bond donors (Lipinski definition) is 1. The second-order valence-electron chi connectivity index (χ2n) is 12.8. The lowest BCUT2D eigenvalue weighted by atomic mass is 9.38. The van der Waals surface area contributed by atoms with Crippen LogP contribution in [0.4, 0.5) is 0 Å². The summed E-state index contributed by atoms with van der Waals surface area (Å²) in [6, 6.07) is 0.703. The molecule has 7 bridgehead atoms. The minimum Gasteiger partial charge on any atom is -0.389 e. The van der Waals surface area contributed by atoms with Gasteiger partial charge in [0.1, 0.15) is 5.60 Å². The number of likely N-dealkylation sites (tertiary alicyclic amines) is 1. The number of fused-ring (bicyclic) bond motifs is 1. The molecule has 4 heteroatoms. The highest BCUT2D eigenvalue weighted by molar-refractivity contribution is 5.34. The fourth-order valence-corrected chi connectivity index (χ4v) is 11.4. The Morgan fingerprint density at radius 2 is 1.86 bits per heavy atom. The molecule has 6 aliphatic carbocycles. The zero-order valence-electron chi connectivity index (χ0n) is 18.7. The number of piperidine rings is 1. The maximum Gasteiger partial charge on any atom is 0.163 e. The zero-order valence-corrected chi connectivity index (χ0v) is 18.7. The van der Waals surface area contributed by atoms with E-state index in [1.807, 2.05) is 13.8 Å². The molecule has 4 nitrogen and oxygen atoms in total. The maximum atomic E-state index is 12.2. The molecule has 2 aliphatic heterocycles. The first kappa shape index (κ1) is 18.4. The smallest absolute Gasteiger partial charge is 0.163 e. The Morgan fingerprint density at radius 3 is 2.59 bits per heavy atom. The fourth-order valence-electron chi connectivity index (χ4n) is 11.4. The van der Waals surface area contributed by atoms with Gasteiger partial charge in [-0.3, -0.25) is 4.90 Å². The van der Waals surface area contributed by atoms with E-state index in [-0.39, 0.29) is 11.5 Å². The molecule has 29 heavy (non-hydrogen) atoms. The summed E-state index contributed by atoms with van der Waals surface area (Å²) < 4.78 is 12.7. The standard InChI is InChI=1S/C25H39NO3/c1-5-26-13-22(4)8-6-9-24-17(22)12-16(19(24)26)23-10-7-15(11-18(23)24)25(20(23)27)14-28-21(2,3)29-25/h15-20,27H,5-14H2,1-4H3/t15-,16-,17+,18+,19?,20-,22-,23-,24-,25-/m0/s1. The summed E-state index contributed by atoms with van der Waals surface area (Å²) in [7, 11) is 0. The average molecular weight is 402 g/mol. The van der Waals surface area contributed by atoms with E-state index in [1.54, 1.807) is 0 Å². The number of aliphatic hydroxyl groups excluding tert-OH is 1. The molecule has 2 saturated heterocycles. The van der Waals surface area contributed by atoms with Gasteiger partial charge in [0.2, 0.25) is 0 Å². The minimum absolute atomic E-state index is 0.0652. The van der Waals surface area contributed by atoms with Crippen LogP contribution in [0.2, 0.25) is 0 Å². The molecule has 8 fully saturated rings. The summed E-state index contributed by atoms with van der Waals surface area (Å²) in [6.45, 7) is 12.1. The van der Waals surface area contributed by atoms with Crippen LogP contribution in [0.25, 0.3) is 0 Å². The van der Waals surface area contributed by atoms with Crippen molar-refractivity contribution in [2.24, 2.45) is 39.9 Å². The Bertz CT molecular complexity index is 769. The summed E-state index contributed by atoms with van der Waals surface area (Å²) in [5, 5.41) is 12.2. The van der Waals surface area contributed by atoms with Gasteiger partial charge in [0.15, 0.2) is 5.79 Å². The third-order valence-electron chi connectivity index (χ3n) is 11.8. The number of aliphatic hydroxyl groups is 1. The van der Waals surface area contributed by atoms with Crippen LogP contribution in [0, 0.1) is 39.9 Å². The van der Waals surface area contributed by atoms with Crippen molar-refractivity contribution in [3.05, 3.63) is 0 Å². The van der Waals surface area contributed by atoms with Crippen LogP contribution in [0.3, 0.4) is 0 Å². The number of nitrogens with zero attached hydrogens (tertiary/aromatic N) is 1. The van der Waals surface area contributed by atoms with Crippen molar-refractivity contribution in [1.82, 2.24) is 4.90 Å². The van der Waals surface area contributed by atoms with Crippen molar-refractivity contribution in [3.8, 4) is 0 Å². The van der Waals surface area contributed by atoms with Crippen molar-refractivity contribution < 1.29 is 14.6 Å². The van der Waals surface area contributed by atoms with Crippen LogP contribution in [0.1, 0.15) is 72.6 Å². The van der Waals surface area contributed by atoms with Crippen LogP contribution in [-0.2, 0) is 9.47 Å². The third-order valence-corrected chi connectivity index (χ3v) is 11.8. The predicted octanol–water partition coefficient (Wildman–Crippen LogP) is 3.82. The lowest BCUT2D eigenvalue weighted by Crippen LogP contribution is -2.72. The predicted molar refractivity (Wildman–Crippen MR) is 110 cm³/mol. The fraction of sp³-hybridized carbons (Fsp3) is 1.00. The van der Waals surface area contributed by atoms with Gasteiger partial charge < -0.3 is 14.6 Å². The molecule has 0 amide bonds. The van der Waals surface area contributed by atoms with Crippen LogP contribution >= 0.6 is 0 Å². The summed E-state index contributed by atoms with van der Waals surface area (Å²) in [5.74, 6) is 2.14. The Labute approximate surface area is 175 Å². The van der Waals surface area contributed by atoms with Gasteiger partial charge in [0, 0.05) is 18.0 Å². The SMILES string of the molecule is CCN1C[C@]2(C)CCC[C@]34C1[C@H](C[C@H]23)[C@@]12CC[C@@H](C[C@@H]41)[C@@]1(COC(C)(C)O1)[C@H]2O. The third kappa shape index (κ3) is 1.72. The van der Waals surface area contributed by atoms with Crippen LogP contribution in [-0.4, -0.2) is 53.2 Å². The van der Waals surface area contributed by atoms with Crippen LogP contribution < -0.4 is 0 Å². The molecule has 1 N–H and O–H groups in total. The molecule has 2 heterocycles. The molecule has 0 aromatic carbocycles. The zero-order chi connectivity index (χ0) is 20.0. The maximum absolute atomic E-state index is 12.2. The summed E-state index contributed by atoms with van der Waals surface area (Å²) in [5.41, 5.74) is 0.565. The number of ether oxygens (including phenoxy) is 2. The van der Waals surface area contributed by atoms with Gasteiger partial charge in [-0.05, 0) is 93.4 Å². The summed E-state index contributed by atoms with van der Waals surface area (Å²) in [6.07, 6.45) is 8.94. The Balaban J connectivity index is 1.39. The lowest BCUT2D eigenvalue weighted by molar-refractivity contribution is -0.295. The van der Waals surface area contributed by atoms with E-state index in [0.29, 0.717) is 41.2 Å². The molecule has 162 valence electrons. The number of hydrogen-bond acceptors (Lipinski definition) is 4. The number of rotatable bonds is 1. The monoisotopic (exact) mass is 401 g/mol. The molecule has 0 radical (unpaired) electrons. The Hall–Kier alpha value is -0.160. The Kier molecular flexibility index (Phi) is 3.23. The van der Waals surface area contributed by atoms with Gasteiger partial charge in [-0.25, -0.2) is 0 Å². The van der Waals surface area contributed by atoms with Crippen LogP contribution in [0.5, 0.6) is 0 Å². The van der Waals surface area contributed by atoms with Gasteiger partial charge in [0.25, 0.3) is 0 Å². The van der Waals surface area contributed by atoms with Crippen molar-refractivity contribution >= 4 is 0 Å². The molecule has 6 saturated carbocycles. The molecule has 0 aromatic heterocycles. The first-order valence-electron chi connectivity index (χ1n) is 12.5.